The van der Waals surface area contributed by atoms with Crippen molar-refractivity contribution in [3.63, 3.8) is 0 Å². The van der Waals surface area contributed by atoms with Crippen molar-refractivity contribution in [1.29, 1.82) is 0 Å². The average molecular weight is 388 g/mol. The fourth-order valence-corrected chi connectivity index (χ4v) is 4.49. The number of hydrogen-bond donors (Lipinski definition) is 1. The number of hydrogen-bond acceptors (Lipinski definition) is 4. The van der Waals surface area contributed by atoms with Crippen LogP contribution in [0.5, 0.6) is 11.5 Å². The molecule has 3 aliphatic heterocycles. The first-order valence-electron chi connectivity index (χ1n) is 10.9. The number of amides is 2. The highest BCUT2D eigenvalue weighted by molar-refractivity contribution is 5.90. The minimum atomic E-state index is 0.00829. The molecule has 1 N–H and O–H groups in total. The Hall–Kier alpha value is -1.95. The Morgan fingerprint density at radius 1 is 1.04 bits per heavy atom. The van der Waals surface area contributed by atoms with E-state index in [4.69, 9.17) is 9.47 Å². The van der Waals surface area contributed by atoms with E-state index in [9.17, 15) is 4.79 Å². The molecule has 2 saturated heterocycles. The van der Waals surface area contributed by atoms with Crippen LogP contribution in [0.1, 0.15) is 45.4 Å². The second kappa shape index (κ2) is 9.03. The molecule has 0 saturated carbocycles. The van der Waals surface area contributed by atoms with Crippen LogP contribution in [0.2, 0.25) is 0 Å². The lowest BCUT2D eigenvalue weighted by Gasteiger charge is -2.37. The molecule has 1 aromatic rings. The molecule has 2 fully saturated rings. The molecule has 6 heteroatoms. The van der Waals surface area contributed by atoms with Crippen molar-refractivity contribution in [1.82, 2.24) is 9.80 Å². The van der Waals surface area contributed by atoms with Gasteiger partial charge in [-0.05, 0) is 56.8 Å². The van der Waals surface area contributed by atoms with Gasteiger partial charge >= 0.3 is 6.03 Å². The molecule has 154 valence electrons. The Morgan fingerprint density at radius 3 is 2.64 bits per heavy atom. The molecule has 28 heavy (non-hydrogen) atoms. The van der Waals surface area contributed by atoms with Gasteiger partial charge in [-0.2, -0.15) is 0 Å². The van der Waals surface area contributed by atoms with Crippen molar-refractivity contribution in [3.8, 4) is 11.5 Å². The molecule has 0 radical (unpaired) electrons. The van der Waals surface area contributed by atoms with E-state index < -0.39 is 0 Å². The number of likely N-dealkylation sites (tertiary alicyclic amines) is 2. The Morgan fingerprint density at radius 2 is 1.82 bits per heavy atom. The minimum absolute atomic E-state index is 0.00829. The van der Waals surface area contributed by atoms with Crippen LogP contribution in [-0.4, -0.2) is 61.3 Å². The first-order chi connectivity index (χ1) is 13.7. The lowest BCUT2D eigenvalue weighted by atomic mass is 9.98. The molecule has 0 aliphatic carbocycles. The highest BCUT2D eigenvalue weighted by atomic mass is 16.6. The number of nitrogens with one attached hydrogen (secondary N) is 1. The average Bonchev–Trinajstić information content (AvgIpc) is 2.95. The van der Waals surface area contributed by atoms with E-state index in [1.54, 1.807) is 0 Å². The fraction of sp³-hybridized carbons (Fsp3) is 0.682. The summed E-state index contributed by atoms with van der Waals surface area (Å²) in [4.78, 5) is 17.7. The first kappa shape index (κ1) is 19.4. The van der Waals surface area contributed by atoms with Crippen molar-refractivity contribution in [2.75, 3.05) is 44.7 Å². The molecule has 4 rings (SSSR count). The Labute approximate surface area is 168 Å². The molecule has 2 amide bonds. The molecular formula is C22H33N3O3. The number of rotatable bonds is 3. The van der Waals surface area contributed by atoms with Crippen LogP contribution >= 0.6 is 0 Å². The summed E-state index contributed by atoms with van der Waals surface area (Å²) in [5.74, 6) is 2.29. The number of carbonyl (C=O) groups is 1. The van der Waals surface area contributed by atoms with Gasteiger partial charge < -0.3 is 24.6 Å². The van der Waals surface area contributed by atoms with E-state index in [2.05, 4.69) is 22.0 Å². The van der Waals surface area contributed by atoms with Gasteiger partial charge in [0.2, 0.25) is 0 Å². The quantitative estimate of drug-likeness (QED) is 0.853. The maximum atomic E-state index is 13.1. The van der Waals surface area contributed by atoms with Gasteiger partial charge in [-0.3, -0.25) is 0 Å². The van der Waals surface area contributed by atoms with E-state index >= 15 is 0 Å². The Bertz CT molecular complexity index is 673. The third-order valence-electron chi connectivity index (χ3n) is 6.28. The summed E-state index contributed by atoms with van der Waals surface area (Å²) in [6.07, 6.45) is 7.15. The largest absolute Gasteiger partial charge is 0.486 e. The topological polar surface area (TPSA) is 54.0 Å². The maximum Gasteiger partial charge on any atom is 0.322 e. The van der Waals surface area contributed by atoms with E-state index in [-0.39, 0.29) is 6.03 Å². The predicted octanol–water partition coefficient (Wildman–Crippen LogP) is 3.97. The van der Waals surface area contributed by atoms with Crippen LogP contribution in [0.3, 0.4) is 0 Å². The summed E-state index contributed by atoms with van der Waals surface area (Å²) in [7, 11) is 0. The zero-order valence-electron chi connectivity index (χ0n) is 17.0. The molecule has 0 aromatic heterocycles. The Kier molecular flexibility index (Phi) is 6.25. The van der Waals surface area contributed by atoms with E-state index in [1.807, 2.05) is 18.2 Å². The minimum Gasteiger partial charge on any atom is -0.486 e. The number of carbonyl (C=O) groups excluding carboxylic acids is 1. The first-order valence-corrected chi connectivity index (χ1v) is 10.9. The molecule has 1 aromatic carbocycles. The number of anilines is 1. The zero-order chi connectivity index (χ0) is 19.3. The van der Waals surface area contributed by atoms with Crippen molar-refractivity contribution < 1.29 is 14.3 Å². The number of benzene rings is 1. The summed E-state index contributed by atoms with van der Waals surface area (Å²) >= 11 is 0. The van der Waals surface area contributed by atoms with Crippen LogP contribution < -0.4 is 14.8 Å². The number of ether oxygens (including phenoxy) is 2. The number of fused-ring (bicyclic) bond motifs is 1. The maximum absolute atomic E-state index is 13.1. The second-order valence-electron chi connectivity index (χ2n) is 8.47. The lowest BCUT2D eigenvalue weighted by Crippen LogP contribution is -2.49. The monoisotopic (exact) mass is 387 g/mol. The van der Waals surface area contributed by atoms with E-state index in [1.165, 1.54) is 25.7 Å². The summed E-state index contributed by atoms with van der Waals surface area (Å²) in [5, 5.41) is 3.10. The normalized spacial score (nSPS) is 23.9. The van der Waals surface area contributed by atoms with Crippen LogP contribution in [-0.2, 0) is 0 Å². The van der Waals surface area contributed by atoms with Crippen molar-refractivity contribution in [2.24, 2.45) is 5.92 Å². The van der Waals surface area contributed by atoms with Crippen LogP contribution in [0.4, 0.5) is 10.5 Å². The summed E-state index contributed by atoms with van der Waals surface area (Å²) < 4.78 is 11.2. The van der Waals surface area contributed by atoms with E-state index in [0.717, 1.165) is 56.4 Å². The molecular weight excluding hydrogens is 354 g/mol. The van der Waals surface area contributed by atoms with Gasteiger partial charge in [0.25, 0.3) is 0 Å². The van der Waals surface area contributed by atoms with Crippen LogP contribution in [0.25, 0.3) is 0 Å². The molecule has 1 atom stereocenters. The van der Waals surface area contributed by atoms with Gasteiger partial charge in [-0.25, -0.2) is 4.79 Å². The second-order valence-corrected chi connectivity index (χ2v) is 8.47. The molecule has 3 heterocycles. The van der Waals surface area contributed by atoms with Gasteiger partial charge in [-0.15, -0.1) is 0 Å². The van der Waals surface area contributed by atoms with Gasteiger partial charge in [0.1, 0.15) is 13.2 Å². The van der Waals surface area contributed by atoms with Crippen molar-refractivity contribution in [2.45, 2.75) is 51.5 Å². The summed E-state index contributed by atoms with van der Waals surface area (Å²) in [6, 6.07) is 5.94. The molecule has 3 aliphatic rings. The zero-order valence-corrected chi connectivity index (χ0v) is 17.0. The number of nitrogens with zero attached hydrogens (tertiary/aromatic N) is 2. The van der Waals surface area contributed by atoms with E-state index in [0.29, 0.717) is 25.0 Å². The lowest BCUT2D eigenvalue weighted by molar-refractivity contribution is 0.129. The fourth-order valence-electron chi connectivity index (χ4n) is 4.49. The van der Waals surface area contributed by atoms with Gasteiger partial charge in [0.15, 0.2) is 11.5 Å². The third kappa shape index (κ3) is 4.72. The number of urea groups is 1. The van der Waals surface area contributed by atoms with Crippen LogP contribution in [0, 0.1) is 5.92 Å². The highest BCUT2D eigenvalue weighted by Crippen LogP contribution is 2.33. The van der Waals surface area contributed by atoms with Gasteiger partial charge in [0.05, 0.1) is 0 Å². The molecule has 1 unspecified atom stereocenters. The highest BCUT2D eigenvalue weighted by Gasteiger charge is 2.28. The SMILES string of the molecule is CC1CCN(CC2CCCCCN2C(=O)Nc2ccc3c(c2)OCCO3)CC1. The van der Waals surface area contributed by atoms with Gasteiger partial charge in [0, 0.05) is 30.9 Å². The van der Waals surface area contributed by atoms with Gasteiger partial charge in [-0.1, -0.05) is 19.8 Å². The van der Waals surface area contributed by atoms with Crippen molar-refractivity contribution in [3.05, 3.63) is 18.2 Å². The summed E-state index contributed by atoms with van der Waals surface area (Å²) in [6.45, 7) is 7.63. The molecule has 6 nitrogen and oxygen atoms in total. The summed E-state index contributed by atoms with van der Waals surface area (Å²) in [5.41, 5.74) is 0.768. The molecule has 0 spiro atoms. The molecule has 0 bridgehead atoms. The smallest absolute Gasteiger partial charge is 0.322 e. The Balaban J connectivity index is 1.41. The van der Waals surface area contributed by atoms with Crippen LogP contribution in [0.15, 0.2) is 18.2 Å². The predicted molar refractivity (Wildman–Crippen MR) is 110 cm³/mol. The third-order valence-corrected chi connectivity index (χ3v) is 6.28. The standard InChI is InChI=1S/C22H33N3O3/c1-17-8-11-24(12-9-17)16-19-5-3-2-4-10-25(19)22(26)23-18-6-7-20-21(15-18)28-14-13-27-20/h6-7,15,17,19H,2-5,8-14,16H2,1H3,(H,23,26). The number of piperidine rings is 1. The van der Waals surface area contributed by atoms with Crippen molar-refractivity contribution >= 4 is 11.7 Å².